The van der Waals surface area contributed by atoms with Gasteiger partial charge < -0.3 is 11.1 Å². The maximum atomic E-state index is 13.0. The van der Waals surface area contributed by atoms with Crippen molar-refractivity contribution in [3.05, 3.63) is 39.4 Å². The Kier molecular flexibility index (Phi) is 5.25. The predicted octanol–water partition coefficient (Wildman–Crippen LogP) is 2.96. The van der Waals surface area contributed by atoms with E-state index < -0.39 is 15.9 Å². The van der Waals surface area contributed by atoms with Crippen LogP contribution in [0.5, 0.6) is 0 Å². The van der Waals surface area contributed by atoms with Crippen molar-refractivity contribution in [3.63, 3.8) is 0 Å². The fraction of sp³-hybridized carbons (Fsp3) is 0.500. The van der Waals surface area contributed by atoms with Gasteiger partial charge in [-0.25, -0.2) is 14.1 Å². The zero-order chi connectivity index (χ0) is 19.7. The standard InChI is InChI=1S/C20H27N5O2S/c21-12-18(17-9-1-2-10-23-17)28(22,27)25-20(26)24-19-15-7-3-5-13(15)11-14-6-4-8-16(14)19/h11-12H,1-10,21H2,(H3,22,24,25,26,27). The molecule has 3 aliphatic rings. The summed E-state index contributed by atoms with van der Waals surface area (Å²) in [5, 5.41) is 8.86. The number of aliphatic imine (C=N–C) groups is 1. The van der Waals surface area contributed by atoms with Crippen LogP contribution in [-0.2, 0) is 35.6 Å². The lowest BCUT2D eigenvalue weighted by molar-refractivity contribution is 0.260. The van der Waals surface area contributed by atoms with E-state index >= 15 is 0 Å². The zero-order valence-corrected chi connectivity index (χ0v) is 16.8. The third kappa shape index (κ3) is 3.58. The first-order valence-electron chi connectivity index (χ1n) is 9.97. The summed E-state index contributed by atoms with van der Waals surface area (Å²) < 4.78 is 16.8. The fourth-order valence-electron chi connectivity index (χ4n) is 4.53. The molecule has 2 amide bonds. The molecule has 0 bridgehead atoms. The van der Waals surface area contributed by atoms with Crippen molar-refractivity contribution in [1.29, 1.82) is 0 Å². The number of urea groups is 1. The zero-order valence-electron chi connectivity index (χ0n) is 16.0. The van der Waals surface area contributed by atoms with Crippen molar-refractivity contribution in [2.45, 2.75) is 57.8 Å². The number of amides is 2. The van der Waals surface area contributed by atoms with Crippen LogP contribution in [0.2, 0.25) is 0 Å². The van der Waals surface area contributed by atoms with Gasteiger partial charge in [-0.3, -0.25) is 4.99 Å². The van der Waals surface area contributed by atoms with Crippen molar-refractivity contribution < 1.29 is 9.00 Å². The Morgan fingerprint density at radius 2 is 1.75 bits per heavy atom. The number of carbonyl (C=O) groups excluding carboxylic acids is 1. The molecule has 8 heteroatoms. The molecule has 28 heavy (non-hydrogen) atoms. The normalized spacial score (nSPS) is 20.8. The number of benzene rings is 1. The summed E-state index contributed by atoms with van der Waals surface area (Å²) >= 11 is 0. The summed E-state index contributed by atoms with van der Waals surface area (Å²) in [7, 11) is -3.45. The fourth-order valence-corrected chi connectivity index (χ4v) is 5.62. The maximum Gasteiger partial charge on any atom is 0.354 e. The van der Waals surface area contributed by atoms with Crippen molar-refractivity contribution in [3.8, 4) is 0 Å². The largest absolute Gasteiger partial charge is 0.404 e. The molecule has 1 heterocycles. The van der Waals surface area contributed by atoms with E-state index in [4.69, 9.17) is 10.9 Å². The summed E-state index contributed by atoms with van der Waals surface area (Å²) in [4.78, 5) is 17.2. The molecular formula is C20H27N5O2S. The molecule has 4 rings (SSSR count). The number of nitrogens with zero attached hydrogens (tertiary/aromatic N) is 2. The van der Waals surface area contributed by atoms with Gasteiger partial charge in [0.2, 0.25) is 0 Å². The molecule has 5 N–H and O–H groups in total. The number of anilines is 1. The number of allylic oxidation sites excluding steroid dienone is 1. The van der Waals surface area contributed by atoms with Gasteiger partial charge in [0.1, 0.15) is 9.92 Å². The lowest BCUT2D eigenvalue weighted by Gasteiger charge is -2.17. The van der Waals surface area contributed by atoms with Crippen LogP contribution in [0.25, 0.3) is 0 Å². The molecule has 1 aromatic rings. The predicted molar refractivity (Wildman–Crippen MR) is 113 cm³/mol. The minimum atomic E-state index is -3.45. The van der Waals surface area contributed by atoms with E-state index in [9.17, 15) is 9.00 Å². The molecular weight excluding hydrogens is 374 g/mol. The minimum Gasteiger partial charge on any atom is -0.404 e. The molecule has 0 saturated carbocycles. The quantitative estimate of drug-likeness (QED) is 0.721. The highest BCUT2D eigenvalue weighted by atomic mass is 32.2. The van der Waals surface area contributed by atoms with Gasteiger partial charge in [-0.05, 0) is 80.0 Å². The Hall–Kier alpha value is -2.19. The molecule has 0 fully saturated rings. The summed E-state index contributed by atoms with van der Waals surface area (Å²) in [5.74, 6) is 0. The number of nitrogens with two attached hydrogens (primary N) is 2. The molecule has 0 spiro atoms. The number of carbonyl (C=O) groups is 1. The van der Waals surface area contributed by atoms with Crippen LogP contribution in [0.3, 0.4) is 0 Å². The number of rotatable bonds is 3. The molecule has 0 saturated heterocycles. The third-order valence-corrected chi connectivity index (χ3v) is 7.24. The van der Waals surface area contributed by atoms with Gasteiger partial charge >= 0.3 is 6.03 Å². The number of hydrogen-bond acceptors (Lipinski definition) is 4. The van der Waals surface area contributed by atoms with Crippen LogP contribution in [-0.4, -0.2) is 22.5 Å². The van der Waals surface area contributed by atoms with E-state index in [0.29, 0.717) is 18.7 Å². The summed E-state index contributed by atoms with van der Waals surface area (Å²) in [6.45, 7) is 0.649. The number of hydrogen-bond donors (Lipinski definition) is 3. The van der Waals surface area contributed by atoms with Crippen LogP contribution in [0.15, 0.2) is 26.5 Å². The highest BCUT2D eigenvalue weighted by Crippen LogP contribution is 2.38. The molecule has 1 unspecified atom stereocenters. The van der Waals surface area contributed by atoms with Crippen molar-refractivity contribution in [2.75, 3.05) is 11.9 Å². The Balaban J connectivity index is 1.64. The van der Waals surface area contributed by atoms with E-state index in [1.807, 2.05) is 0 Å². The lowest BCUT2D eigenvalue weighted by atomic mass is 9.99. The third-order valence-electron chi connectivity index (χ3n) is 5.80. The first-order chi connectivity index (χ1) is 13.5. The molecule has 150 valence electrons. The van der Waals surface area contributed by atoms with Crippen LogP contribution in [0.1, 0.15) is 54.4 Å². The average Bonchev–Trinajstić information content (AvgIpc) is 3.31. The molecule has 1 aliphatic heterocycles. The second-order valence-corrected chi connectivity index (χ2v) is 9.40. The molecule has 2 aliphatic carbocycles. The number of fused-ring (bicyclic) bond motifs is 2. The molecule has 1 atom stereocenters. The highest BCUT2D eigenvalue weighted by molar-refractivity contribution is 7.96. The van der Waals surface area contributed by atoms with Crippen molar-refractivity contribution in [2.24, 2.45) is 20.2 Å². The van der Waals surface area contributed by atoms with Crippen LogP contribution in [0, 0.1) is 0 Å². The average molecular weight is 402 g/mol. The van der Waals surface area contributed by atoms with Gasteiger partial charge in [-0.1, -0.05) is 6.07 Å². The Bertz CT molecular complexity index is 970. The molecule has 0 aromatic heterocycles. The van der Waals surface area contributed by atoms with E-state index in [1.54, 1.807) is 0 Å². The Morgan fingerprint density at radius 1 is 1.07 bits per heavy atom. The Labute approximate surface area is 166 Å². The van der Waals surface area contributed by atoms with E-state index in [1.165, 1.54) is 28.5 Å². The molecule has 1 aromatic carbocycles. The van der Waals surface area contributed by atoms with Crippen LogP contribution in [0.4, 0.5) is 10.5 Å². The monoisotopic (exact) mass is 401 g/mol. The summed E-state index contributed by atoms with van der Waals surface area (Å²) in [5.41, 5.74) is 12.1. The first-order valence-corrected chi connectivity index (χ1v) is 11.6. The maximum absolute atomic E-state index is 13.0. The first kappa shape index (κ1) is 19.1. The highest BCUT2D eigenvalue weighted by Gasteiger charge is 2.26. The lowest BCUT2D eigenvalue weighted by Crippen LogP contribution is -2.26. The number of aryl methyl sites for hydroxylation is 2. The van der Waals surface area contributed by atoms with Crippen molar-refractivity contribution >= 4 is 27.3 Å². The van der Waals surface area contributed by atoms with E-state index in [-0.39, 0.29) is 4.91 Å². The van der Waals surface area contributed by atoms with Gasteiger partial charge in [0.15, 0.2) is 0 Å². The summed E-state index contributed by atoms with van der Waals surface area (Å²) in [6, 6.07) is 1.61. The minimum absolute atomic E-state index is 0.172. The second-order valence-electron chi connectivity index (χ2n) is 7.64. The topological polar surface area (TPSA) is 123 Å². The second kappa shape index (κ2) is 7.67. The van der Waals surface area contributed by atoms with Gasteiger partial charge in [0.25, 0.3) is 0 Å². The molecule has 7 nitrogen and oxygen atoms in total. The van der Waals surface area contributed by atoms with Crippen LogP contribution < -0.4 is 16.2 Å². The smallest absolute Gasteiger partial charge is 0.354 e. The SMILES string of the molecule is NC=C(C1=NCCCC1)S(N)(=O)=NC(=O)Nc1c2c(cc3c1CCC3)CCC2. The number of nitrogens with one attached hydrogen (secondary N) is 1. The van der Waals surface area contributed by atoms with Crippen LogP contribution >= 0.6 is 0 Å². The van der Waals surface area contributed by atoms with Gasteiger partial charge in [-0.2, -0.15) is 0 Å². The Morgan fingerprint density at radius 3 is 2.32 bits per heavy atom. The van der Waals surface area contributed by atoms with E-state index in [2.05, 4.69) is 20.7 Å². The molecule has 0 radical (unpaired) electrons. The van der Waals surface area contributed by atoms with Crippen molar-refractivity contribution in [1.82, 2.24) is 0 Å². The van der Waals surface area contributed by atoms with Gasteiger partial charge in [0, 0.05) is 18.4 Å². The van der Waals surface area contributed by atoms with E-state index in [0.717, 1.165) is 57.1 Å². The van der Waals surface area contributed by atoms with Gasteiger partial charge in [-0.15, -0.1) is 4.36 Å². The van der Waals surface area contributed by atoms with Gasteiger partial charge in [0.05, 0.1) is 10.6 Å². The summed E-state index contributed by atoms with van der Waals surface area (Å²) in [6.07, 6.45) is 9.89.